The molecule has 0 radical (unpaired) electrons. The summed E-state index contributed by atoms with van der Waals surface area (Å²) in [6.45, 7) is 2.48. The first-order valence-corrected chi connectivity index (χ1v) is 5.46. The van der Waals surface area contributed by atoms with E-state index in [4.69, 9.17) is 10.00 Å². The number of hydrogen-bond acceptors (Lipinski definition) is 2. The van der Waals surface area contributed by atoms with E-state index >= 15 is 0 Å². The van der Waals surface area contributed by atoms with Crippen LogP contribution in [0.25, 0.3) is 0 Å². The lowest BCUT2D eigenvalue weighted by atomic mass is 10.1. The van der Waals surface area contributed by atoms with Gasteiger partial charge in [-0.15, -0.1) is 0 Å². The molecule has 17 heavy (non-hydrogen) atoms. The van der Waals surface area contributed by atoms with Crippen LogP contribution in [0.3, 0.4) is 0 Å². The first kappa shape index (κ1) is 11.2. The Balaban J connectivity index is 2.10. The van der Waals surface area contributed by atoms with Crippen molar-refractivity contribution in [3.63, 3.8) is 0 Å². The lowest BCUT2D eigenvalue weighted by Crippen LogP contribution is -1.95. The maximum Gasteiger partial charge on any atom is 0.121 e. The Morgan fingerprint density at radius 2 is 1.88 bits per heavy atom. The minimum atomic E-state index is 0.523. The van der Waals surface area contributed by atoms with Crippen molar-refractivity contribution in [1.29, 1.82) is 5.26 Å². The van der Waals surface area contributed by atoms with E-state index in [0.29, 0.717) is 12.2 Å². The third-order valence-corrected chi connectivity index (χ3v) is 2.43. The summed E-state index contributed by atoms with van der Waals surface area (Å²) < 4.78 is 5.66. The van der Waals surface area contributed by atoms with Crippen molar-refractivity contribution >= 4 is 0 Å². The molecule has 0 spiro atoms. The molecule has 2 nitrogen and oxygen atoms in total. The predicted octanol–water partition coefficient (Wildman–Crippen LogP) is 3.45. The lowest BCUT2D eigenvalue weighted by molar-refractivity contribution is 0.306. The van der Waals surface area contributed by atoms with Gasteiger partial charge >= 0.3 is 0 Å². The Morgan fingerprint density at radius 3 is 2.59 bits per heavy atom. The molecule has 2 heteroatoms. The summed E-state index contributed by atoms with van der Waals surface area (Å²) in [4.78, 5) is 0. The van der Waals surface area contributed by atoms with Gasteiger partial charge in [-0.3, -0.25) is 0 Å². The average molecular weight is 223 g/mol. The van der Waals surface area contributed by atoms with Crippen molar-refractivity contribution in [3.05, 3.63) is 65.2 Å². The molecule has 0 atom stereocenters. The fourth-order valence-corrected chi connectivity index (χ4v) is 1.64. The Bertz CT molecular complexity index is 541. The van der Waals surface area contributed by atoms with E-state index in [1.165, 1.54) is 0 Å². The second kappa shape index (κ2) is 5.18. The van der Waals surface area contributed by atoms with Gasteiger partial charge in [0, 0.05) is 0 Å². The minimum absolute atomic E-state index is 0.523. The molecule has 0 N–H and O–H groups in total. The third-order valence-electron chi connectivity index (χ3n) is 2.43. The van der Waals surface area contributed by atoms with Crippen LogP contribution in [0.5, 0.6) is 5.75 Å². The number of benzene rings is 2. The molecule has 0 saturated heterocycles. The maximum absolute atomic E-state index is 8.87. The van der Waals surface area contributed by atoms with E-state index in [9.17, 15) is 0 Å². The molecular weight excluding hydrogens is 210 g/mol. The average Bonchev–Trinajstić information content (AvgIpc) is 2.37. The number of ether oxygens (including phenoxy) is 1. The molecule has 0 amide bonds. The van der Waals surface area contributed by atoms with Crippen molar-refractivity contribution in [1.82, 2.24) is 0 Å². The number of hydrogen-bond donors (Lipinski definition) is 0. The van der Waals surface area contributed by atoms with Crippen LogP contribution in [0, 0.1) is 18.3 Å². The third kappa shape index (κ3) is 3.09. The fraction of sp³-hybridized carbons (Fsp3) is 0.133. The zero-order valence-corrected chi connectivity index (χ0v) is 9.68. The molecule has 0 aliphatic heterocycles. The number of nitriles is 1. The van der Waals surface area contributed by atoms with Crippen molar-refractivity contribution in [2.75, 3.05) is 0 Å². The maximum atomic E-state index is 8.87. The summed E-state index contributed by atoms with van der Waals surface area (Å²) in [6.07, 6.45) is 0. The Morgan fingerprint density at radius 1 is 1.12 bits per heavy atom. The van der Waals surface area contributed by atoms with Gasteiger partial charge < -0.3 is 4.74 Å². The molecule has 2 aromatic carbocycles. The minimum Gasteiger partial charge on any atom is -0.489 e. The summed E-state index contributed by atoms with van der Waals surface area (Å²) in [5.41, 5.74) is 2.78. The monoisotopic (exact) mass is 223 g/mol. The molecule has 0 fully saturated rings. The highest BCUT2D eigenvalue weighted by molar-refractivity contribution is 5.40. The van der Waals surface area contributed by atoms with Crippen molar-refractivity contribution in [2.45, 2.75) is 13.5 Å². The molecule has 84 valence electrons. The standard InChI is InChI=1S/C15H13NO/c1-12-7-14(10-16)9-15(8-12)17-11-13-5-3-2-4-6-13/h2-9H,11H2,1H3. The summed E-state index contributed by atoms with van der Waals surface area (Å²) in [6, 6.07) is 17.6. The van der Waals surface area contributed by atoms with Crippen LogP contribution in [0.15, 0.2) is 48.5 Å². The molecular formula is C15H13NO. The molecule has 0 bridgehead atoms. The van der Waals surface area contributed by atoms with E-state index < -0.39 is 0 Å². The van der Waals surface area contributed by atoms with E-state index in [2.05, 4.69) is 6.07 Å². The van der Waals surface area contributed by atoms with Crippen molar-refractivity contribution in [3.8, 4) is 11.8 Å². The highest BCUT2D eigenvalue weighted by atomic mass is 16.5. The first-order chi connectivity index (χ1) is 8.28. The van der Waals surface area contributed by atoms with Crippen LogP contribution < -0.4 is 4.74 Å². The van der Waals surface area contributed by atoms with Gasteiger partial charge in [-0.05, 0) is 36.2 Å². The SMILES string of the molecule is Cc1cc(C#N)cc(OCc2ccccc2)c1. The van der Waals surface area contributed by atoms with Crippen LogP contribution in [-0.2, 0) is 6.61 Å². The van der Waals surface area contributed by atoms with E-state index in [1.807, 2.05) is 49.4 Å². The summed E-state index contributed by atoms with van der Waals surface area (Å²) in [5, 5.41) is 8.87. The molecule has 0 saturated carbocycles. The fourth-order valence-electron chi connectivity index (χ4n) is 1.64. The quantitative estimate of drug-likeness (QED) is 0.798. The van der Waals surface area contributed by atoms with Gasteiger partial charge in [0.15, 0.2) is 0 Å². The van der Waals surface area contributed by atoms with Gasteiger partial charge in [0.05, 0.1) is 11.6 Å². The van der Waals surface area contributed by atoms with Crippen LogP contribution in [0.1, 0.15) is 16.7 Å². The van der Waals surface area contributed by atoms with Gasteiger partial charge in [-0.1, -0.05) is 30.3 Å². The van der Waals surface area contributed by atoms with Crippen molar-refractivity contribution in [2.24, 2.45) is 0 Å². The molecule has 2 rings (SSSR count). The zero-order valence-electron chi connectivity index (χ0n) is 9.68. The largest absolute Gasteiger partial charge is 0.489 e. The number of rotatable bonds is 3. The molecule has 0 aliphatic carbocycles. The van der Waals surface area contributed by atoms with Gasteiger partial charge in [-0.25, -0.2) is 0 Å². The molecule has 0 unspecified atom stereocenters. The Labute approximate surface area is 101 Å². The second-order valence-electron chi connectivity index (χ2n) is 3.92. The van der Waals surface area contributed by atoms with Gasteiger partial charge in [0.2, 0.25) is 0 Å². The van der Waals surface area contributed by atoms with Gasteiger partial charge in [0.25, 0.3) is 0 Å². The second-order valence-corrected chi connectivity index (χ2v) is 3.92. The number of nitrogens with zero attached hydrogens (tertiary/aromatic N) is 1. The lowest BCUT2D eigenvalue weighted by Gasteiger charge is -2.07. The molecule has 0 aliphatic rings. The van der Waals surface area contributed by atoms with Gasteiger partial charge in [-0.2, -0.15) is 5.26 Å². The molecule has 0 aromatic heterocycles. The van der Waals surface area contributed by atoms with Crippen molar-refractivity contribution < 1.29 is 4.74 Å². The summed E-state index contributed by atoms with van der Waals surface area (Å²) in [5.74, 6) is 0.741. The Kier molecular flexibility index (Phi) is 3.42. The smallest absolute Gasteiger partial charge is 0.121 e. The highest BCUT2D eigenvalue weighted by Crippen LogP contribution is 2.17. The van der Waals surface area contributed by atoms with Crippen LogP contribution in [0.2, 0.25) is 0 Å². The van der Waals surface area contributed by atoms with Crippen LogP contribution >= 0.6 is 0 Å². The van der Waals surface area contributed by atoms with Gasteiger partial charge in [0.1, 0.15) is 12.4 Å². The van der Waals surface area contributed by atoms with E-state index in [-0.39, 0.29) is 0 Å². The normalized spacial score (nSPS) is 9.65. The Hall–Kier alpha value is -2.27. The highest BCUT2D eigenvalue weighted by Gasteiger charge is 1.99. The van der Waals surface area contributed by atoms with E-state index in [0.717, 1.165) is 16.9 Å². The van der Waals surface area contributed by atoms with Crippen LogP contribution in [-0.4, -0.2) is 0 Å². The predicted molar refractivity (Wildman–Crippen MR) is 66.7 cm³/mol. The zero-order chi connectivity index (χ0) is 12.1. The topological polar surface area (TPSA) is 33.0 Å². The summed E-state index contributed by atoms with van der Waals surface area (Å²) >= 11 is 0. The van der Waals surface area contributed by atoms with Crippen LogP contribution in [0.4, 0.5) is 0 Å². The molecule has 0 heterocycles. The van der Waals surface area contributed by atoms with E-state index in [1.54, 1.807) is 6.07 Å². The number of aryl methyl sites for hydroxylation is 1. The molecule has 2 aromatic rings. The summed E-state index contributed by atoms with van der Waals surface area (Å²) in [7, 11) is 0. The first-order valence-electron chi connectivity index (χ1n) is 5.46.